The zero-order chi connectivity index (χ0) is 11.8. The minimum atomic E-state index is -0.396. The Hall–Kier alpha value is -2.43. The minimum Gasteiger partial charge on any atom is -0.283 e. The Morgan fingerprint density at radius 3 is 2.82 bits per heavy atom. The van der Waals surface area contributed by atoms with Gasteiger partial charge in [-0.1, -0.05) is 18.2 Å². The average Bonchev–Trinajstić information content (AvgIpc) is 2.68. The Morgan fingerprint density at radius 2 is 2.06 bits per heavy atom. The number of fused-ring (bicyclic) bond motifs is 1. The van der Waals surface area contributed by atoms with Crippen LogP contribution in [0.4, 0.5) is 10.5 Å². The zero-order valence-electron chi connectivity index (χ0n) is 8.88. The van der Waals surface area contributed by atoms with Gasteiger partial charge in [0.05, 0.1) is 17.4 Å². The molecule has 0 radical (unpaired) electrons. The Labute approximate surface area is 97.1 Å². The molecular weight excluding hydrogens is 218 g/mol. The lowest BCUT2D eigenvalue weighted by Crippen LogP contribution is -2.27. The number of imide groups is 1. The van der Waals surface area contributed by atoms with Crippen LogP contribution in [0.1, 0.15) is 0 Å². The smallest absolute Gasteiger partial charge is 0.283 e. The van der Waals surface area contributed by atoms with Crippen LogP contribution >= 0.6 is 0 Å². The molecule has 1 aromatic carbocycles. The highest BCUT2D eigenvalue weighted by atomic mass is 16.2. The molecule has 3 rings (SSSR count). The Morgan fingerprint density at radius 1 is 1.24 bits per heavy atom. The van der Waals surface area contributed by atoms with Gasteiger partial charge in [-0.15, -0.1) is 0 Å². The van der Waals surface area contributed by atoms with Crippen molar-refractivity contribution in [3.63, 3.8) is 0 Å². The van der Waals surface area contributed by atoms with Gasteiger partial charge in [-0.3, -0.25) is 20.0 Å². The molecule has 0 atom stereocenters. The van der Waals surface area contributed by atoms with E-state index < -0.39 is 6.03 Å². The number of urea groups is 1. The summed E-state index contributed by atoms with van der Waals surface area (Å²) in [7, 11) is 0. The number of carbonyl (C=O) groups is 2. The number of rotatable bonds is 1. The molecule has 84 valence electrons. The van der Waals surface area contributed by atoms with Crippen LogP contribution in [0.2, 0.25) is 0 Å². The topological polar surface area (TPSA) is 62.3 Å². The molecule has 1 saturated heterocycles. The second-order valence-corrected chi connectivity index (χ2v) is 3.83. The molecule has 5 heteroatoms. The number of amides is 3. The van der Waals surface area contributed by atoms with E-state index in [1.54, 1.807) is 6.20 Å². The van der Waals surface area contributed by atoms with Crippen LogP contribution in [-0.2, 0) is 4.79 Å². The molecule has 1 N–H and O–H groups in total. The van der Waals surface area contributed by atoms with E-state index in [1.165, 1.54) is 4.90 Å². The molecule has 1 aliphatic rings. The van der Waals surface area contributed by atoms with E-state index in [0.717, 1.165) is 10.9 Å². The lowest BCUT2D eigenvalue weighted by molar-refractivity contribution is -0.117. The number of nitrogens with zero attached hydrogens (tertiary/aromatic N) is 2. The molecule has 2 aromatic rings. The van der Waals surface area contributed by atoms with Crippen LogP contribution in [0, 0.1) is 0 Å². The summed E-state index contributed by atoms with van der Waals surface area (Å²) in [6.07, 6.45) is 1.60. The maximum absolute atomic E-state index is 11.5. The number of carbonyl (C=O) groups excluding carboxylic acids is 2. The summed E-state index contributed by atoms with van der Waals surface area (Å²) < 4.78 is 0. The van der Waals surface area contributed by atoms with Crippen molar-refractivity contribution < 1.29 is 9.59 Å². The summed E-state index contributed by atoms with van der Waals surface area (Å²) in [6.45, 7) is 0.0544. The van der Waals surface area contributed by atoms with Gasteiger partial charge < -0.3 is 0 Å². The largest absolute Gasteiger partial charge is 0.329 e. The summed E-state index contributed by atoms with van der Waals surface area (Å²) in [4.78, 5) is 28.2. The van der Waals surface area contributed by atoms with Crippen LogP contribution in [0.5, 0.6) is 0 Å². The zero-order valence-corrected chi connectivity index (χ0v) is 8.88. The third-order valence-corrected chi connectivity index (χ3v) is 2.68. The first-order valence-corrected chi connectivity index (χ1v) is 5.20. The number of pyridine rings is 1. The number of benzene rings is 1. The first-order valence-electron chi connectivity index (χ1n) is 5.20. The summed E-state index contributed by atoms with van der Waals surface area (Å²) in [6, 6.07) is 9.08. The molecule has 0 unspecified atom stereocenters. The normalized spacial score (nSPS) is 15.4. The number of aromatic nitrogens is 1. The summed E-state index contributed by atoms with van der Waals surface area (Å²) >= 11 is 0. The van der Waals surface area contributed by atoms with Crippen LogP contribution in [0.15, 0.2) is 36.5 Å². The van der Waals surface area contributed by atoms with Crippen molar-refractivity contribution in [1.82, 2.24) is 10.3 Å². The van der Waals surface area contributed by atoms with Gasteiger partial charge in [-0.25, -0.2) is 4.79 Å². The SMILES string of the molecule is O=C1CN(c2cnc3ccccc3c2)C(=O)N1. The van der Waals surface area contributed by atoms with Gasteiger partial charge in [-0.05, 0) is 12.1 Å². The van der Waals surface area contributed by atoms with Gasteiger partial charge >= 0.3 is 6.03 Å². The van der Waals surface area contributed by atoms with Crippen molar-refractivity contribution in [3.05, 3.63) is 36.5 Å². The molecule has 0 aliphatic carbocycles. The third-order valence-electron chi connectivity index (χ3n) is 2.68. The molecule has 3 amide bonds. The quantitative estimate of drug-likeness (QED) is 0.747. The first-order chi connectivity index (χ1) is 8.24. The Balaban J connectivity index is 2.06. The molecule has 1 fully saturated rings. The number of para-hydroxylation sites is 1. The summed E-state index contributed by atoms with van der Waals surface area (Å²) in [5.41, 5.74) is 1.49. The van der Waals surface area contributed by atoms with Gasteiger partial charge in [-0.2, -0.15) is 0 Å². The Kier molecular flexibility index (Phi) is 2.04. The molecular formula is C12H9N3O2. The van der Waals surface area contributed by atoms with Crippen LogP contribution in [-0.4, -0.2) is 23.5 Å². The lowest BCUT2D eigenvalue weighted by atomic mass is 10.2. The van der Waals surface area contributed by atoms with E-state index in [1.807, 2.05) is 30.3 Å². The highest BCUT2D eigenvalue weighted by Gasteiger charge is 2.28. The molecule has 0 saturated carbocycles. The molecule has 0 spiro atoms. The molecule has 5 nitrogen and oxygen atoms in total. The molecule has 1 aromatic heterocycles. The van der Waals surface area contributed by atoms with Crippen molar-refractivity contribution in [1.29, 1.82) is 0 Å². The van der Waals surface area contributed by atoms with E-state index in [0.29, 0.717) is 5.69 Å². The van der Waals surface area contributed by atoms with E-state index in [-0.39, 0.29) is 12.5 Å². The highest BCUT2D eigenvalue weighted by Crippen LogP contribution is 2.21. The van der Waals surface area contributed by atoms with E-state index in [2.05, 4.69) is 10.3 Å². The van der Waals surface area contributed by atoms with E-state index in [4.69, 9.17) is 0 Å². The molecule has 0 bridgehead atoms. The van der Waals surface area contributed by atoms with Crippen molar-refractivity contribution in [2.45, 2.75) is 0 Å². The minimum absolute atomic E-state index is 0.0544. The maximum atomic E-state index is 11.5. The summed E-state index contributed by atoms with van der Waals surface area (Å²) in [5.74, 6) is -0.289. The maximum Gasteiger partial charge on any atom is 0.329 e. The second kappa shape index (κ2) is 3.55. The van der Waals surface area contributed by atoms with E-state index in [9.17, 15) is 9.59 Å². The molecule has 2 heterocycles. The van der Waals surface area contributed by atoms with Crippen molar-refractivity contribution in [2.24, 2.45) is 0 Å². The monoisotopic (exact) mass is 227 g/mol. The number of anilines is 1. The van der Waals surface area contributed by atoms with Gasteiger partial charge in [0.15, 0.2) is 0 Å². The third kappa shape index (κ3) is 1.61. The van der Waals surface area contributed by atoms with Gasteiger partial charge in [0.1, 0.15) is 6.54 Å². The fraction of sp³-hybridized carbons (Fsp3) is 0.0833. The fourth-order valence-electron chi connectivity index (χ4n) is 1.86. The average molecular weight is 227 g/mol. The Bertz CT molecular complexity index is 624. The number of hydrogen-bond acceptors (Lipinski definition) is 3. The number of nitrogens with one attached hydrogen (secondary N) is 1. The van der Waals surface area contributed by atoms with Crippen molar-refractivity contribution in [2.75, 3.05) is 11.4 Å². The van der Waals surface area contributed by atoms with Crippen LogP contribution < -0.4 is 10.2 Å². The standard InChI is InChI=1S/C12H9N3O2/c16-11-7-15(12(17)14-11)9-5-8-3-1-2-4-10(8)13-6-9/h1-6H,7H2,(H,14,16,17). The summed E-state index contributed by atoms with van der Waals surface area (Å²) in [5, 5.41) is 3.18. The first kappa shape index (κ1) is 9.77. The van der Waals surface area contributed by atoms with Crippen LogP contribution in [0.25, 0.3) is 10.9 Å². The lowest BCUT2D eigenvalue weighted by Gasteiger charge is -2.12. The van der Waals surface area contributed by atoms with Crippen molar-refractivity contribution >= 4 is 28.5 Å². The molecule has 1 aliphatic heterocycles. The predicted octanol–water partition coefficient (Wildman–Crippen LogP) is 1.29. The predicted molar refractivity (Wildman–Crippen MR) is 62.6 cm³/mol. The van der Waals surface area contributed by atoms with Gasteiger partial charge in [0, 0.05) is 5.39 Å². The highest BCUT2D eigenvalue weighted by molar-refractivity contribution is 6.12. The number of hydrogen-bond donors (Lipinski definition) is 1. The second-order valence-electron chi connectivity index (χ2n) is 3.83. The van der Waals surface area contributed by atoms with E-state index >= 15 is 0 Å². The van der Waals surface area contributed by atoms with Gasteiger partial charge in [0.25, 0.3) is 0 Å². The van der Waals surface area contributed by atoms with Gasteiger partial charge in [0.2, 0.25) is 5.91 Å². The van der Waals surface area contributed by atoms with Crippen molar-refractivity contribution in [3.8, 4) is 0 Å². The molecule has 17 heavy (non-hydrogen) atoms. The van der Waals surface area contributed by atoms with Crippen LogP contribution in [0.3, 0.4) is 0 Å². The fourth-order valence-corrected chi connectivity index (χ4v) is 1.86.